The van der Waals surface area contributed by atoms with Gasteiger partial charge in [-0.05, 0) is 52.9 Å². The van der Waals surface area contributed by atoms with Crippen molar-refractivity contribution >= 4 is 25.4 Å². The third-order valence-electron chi connectivity index (χ3n) is 5.54. The smallest absolute Gasteiger partial charge is 0.408 e. The molecule has 2 atom stereocenters. The molecular weight excluding hydrogens is 368 g/mol. The van der Waals surface area contributed by atoms with Gasteiger partial charge >= 0.3 is 8.80 Å². The van der Waals surface area contributed by atoms with Crippen LogP contribution in [0.1, 0.15) is 40.5 Å². The zero-order chi connectivity index (χ0) is 20.2. The van der Waals surface area contributed by atoms with Crippen molar-refractivity contribution in [1.82, 2.24) is 0 Å². The lowest BCUT2D eigenvalue weighted by Gasteiger charge is -2.51. The largest absolute Gasteiger partial charge is 0.532 e. The molecule has 0 saturated heterocycles. The lowest BCUT2D eigenvalue weighted by atomic mass is 10.3. The Hall–Kier alpha value is 0.191. The maximum absolute atomic E-state index is 6.85. The van der Waals surface area contributed by atoms with Crippen molar-refractivity contribution in [2.75, 3.05) is 21.3 Å². The molecule has 0 N–H and O–H groups in total. The molecule has 0 aliphatic heterocycles. The van der Waals surface area contributed by atoms with Gasteiger partial charge in [0.05, 0.1) is 5.22 Å². The molecule has 0 heterocycles. The summed E-state index contributed by atoms with van der Waals surface area (Å²) >= 11 is 0. The van der Waals surface area contributed by atoms with E-state index in [4.69, 9.17) is 22.1 Å². The molecular formula is C17H40O5Si3. The van der Waals surface area contributed by atoms with Gasteiger partial charge in [-0.2, -0.15) is 0 Å². The fourth-order valence-electron chi connectivity index (χ4n) is 3.16. The summed E-state index contributed by atoms with van der Waals surface area (Å²) in [5, 5.41) is -0.983. The Labute approximate surface area is 158 Å². The number of hydrogen-bond donors (Lipinski definition) is 0. The van der Waals surface area contributed by atoms with Crippen molar-refractivity contribution in [3.05, 3.63) is 12.3 Å². The lowest BCUT2D eigenvalue weighted by molar-refractivity contribution is -0.000240. The van der Waals surface area contributed by atoms with Gasteiger partial charge in [0.2, 0.25) is 16.6 Å². The molecule has 0 aromatic rings. The zero-order valence-corrected chi connectivity index (χ0v) is 21.2. The Morgan fingerprint density at radius 2 is 1.20 bits per heavy atom. The highest BCUT2D eigenvalue weighted by molar-refractivity contribution is 6.80. The van der Waals surface area contributed by atoms with E-state index in [-0.39, 0.29) is 5.22 Å². The van der Waals surface area contributed by atoms with Crippen LogP contribution >= 0.6 is 0 Å². The third-order valence-corrected chi connectivity index (χ3v) is 15.2. The van der Waals surface area contributed by atoms with Gasteiger partial charge in [0.25, 0.3) is 0 Å². The summed E-state index contributed by atoms with van der Waals surface area (Å²) in [4.78, 5) is 0. The monoisotopic (exact) mass is 408 g/mol. The molecule has 0 amide bonds. The number of hydrogen-bond acceptors (Lipinski definition) is 5. The van der Waals surface area contributed by atoms with Gasteiger partial charge in [-0.1, -0.05) is 19.5 Å². The van der Waals surface area contributed by atoms with E-state index in [0.717, 1.165) is 12.8 Å². The van der Waals surface area contributed by atoms with Gasteiger partial charge in [-0.15, -0.1) is 6.58 Å². The Bertz CT molecular complexity index is 432. The van der Waals surface area contributed by atoms with E-state index in [0.29, 0.717) is 0 Å². The maximum Gasteiger partial charge on any atom is 0.532 e. The van der Waals surface area contributed by atoms with Crippen LogP contribution in [-0.4, -0.2) is 57.2 Å². The van der Waals surface area contributed by atoms with E-state index >= 15 is 0 Å². The summed E-state index contributed by atoms with van der Waals surface area (Å²) in [7, 11) is -2.39. The lowest BCUT2D eigenvalue weighted by Crippen LogP contribution is -2.70. The average Bonchev–Trinajstić information content (AvgIpc) is 2.55. The second-order valence-electron chi connectivity index (χ2n) is 7.86. The maximum atomic E-state index is 6.85. The Morgan fingerprint density at radius 1 is 0.800 bits per heavy atom. The van der Waals surface area contributed by atoms with Crippen molar-refractivity contribution in [3.8, 4) is 0 Å². The van der Waals surface area contributed by atoms with Crippen molar-refractivity contribution in [3.63, 3.8) is 0 Å². The average molecular weight is 409 g/mol. The fourth-order valence-corrected chi connectivity index (χ4v) is 12.2. The molecule has 5 nitrogen and oxygen atoms in total. The third kappa shape index (κ3) is 5.13. The molecule has 0 aliphatic carbocycles. The van der Waals surface area contributed by atoms with Gasteiger partial charge in [-0.25, -0.2) is 0 Å². The second-order valence-corrected chi connectivity index (χ2v) is 19.4. The minimum Gasteiger partial charge on any atom is -0.408 e. The first-order chi connectivity index (χ1) is 11.3. The highest BCUT2D eigenvalue weighted by Gasteiger charge is 2.61. The first kappa shape index (κ1) is 25.2. The van der Waals surface area contributed by atoms with Crippen LogP contribution < -0.4 is 0 Å². The SMILES string of the molecule is C=C[Si](C)(C)OC(C)(CC)[Si](C)(C)OC(C)(CC)[Si](OC)(OC)OC. The molecule has 0 aliphatic rings. The van der Waals surface area contributed by atoms with E-state index in [2.05, 4.69) is 53.5 Å². The Kier molecular flexibility index (Phi) is 8.99. The molecule has 0 aromatic heterocycles. The highest BCUT2D eigenvalue weighted by Crippen LogP contribution is 2.39. The summed E-state index contributed by atoms with van der Waals surface area (Å²) < 4.78 is 30.7. The number of rotatable bonds is 12. The molecule has 0 bridgehead atoms. The second kappa shape index (κ2) is 8.92. The van der Waals surface area contributed by atoms with Crippen LogP contribution in [0.4, 0.5) is 0 Å². The normalized spacial score (nSPS) is 18.5. The van der Waals surface area contributed by atoms with Crippen molar-refractivity contribution in [1.29, 1.82) is 0 Å². The van der Waals surface area contributed by atoms with E-state index in [1.54, 1.807) is 21.3 Å². The van der Waals surface area contributed by atoms with Crippen LogP contribution in [0.15, 0.2) is 12.3 Å². The summed E-state index contributed by atoms with van der Waals surface area (Å²) in [6.45, 7) is 21.1. The predicted octanol–water partition coefficient (Wildman–Crippen LogP) is 4.45. The minimum absolute atomic E-state index is 0.345. The molecule has 0 radical (unpaired) electrons. The minimum atomic E-state index is -2.99. The van der Waals surface area contributed by atoms with Gasteiger partial charge in [0, 0.05) is 21.3 Å². The van der Waals surface area contributed by atoms with Gasteiger partial charge in [0.1, 0.15) is 5.22 Å². The van der Waals surface area contributed by atoms with Crippen LogP contribution in [0.5, 0.6) is 0 Å². The van der Waals surface area contributed by atoms with Crippen LogP contribution in [0.3, 0.4) is 0 Å². The van der Waals surface area contributed by atoms with E-state index in [9.17, 15) is 0 Å². The Balaban J connectivity index is 5.93. The topological polar surface area (TPSA) is 46.2 Å². The van der Waals surface area contributed by atoms with Crippen LogP contribution in [0.2, 0.25) is 26.2 Å². The molecule has 0 fully saturated rings. The molecule has 0 saturated carbocycles. The standard InChI is InChI=1S/C17H40O5Si3/c1-13-16(4,21-23(9,10)15-3)24(11,12)22-17(5,14-2)25(18-6,19-7)20-8/h15H,3,13-14H2,1-2,4-12H3. The summed E-state index contributed by atoms with van der Waals surface area (Å²) in [6, 6.07) is 0. The molecule has 25 heavy (non-hydrogen) atoms. The van der Waals surface area contributed by atoms with E-state index in [1.165, 1.54) is 0 Å². The van der Waals surface area contributed by atoms with Gasteiger partial charge in [0.15, 0.2) is 0 Å². The molecule has 2 unspecified atom stereocenters. The first-order valence-electron chi connectivity index (χ1n) is 8.97. The molecule has 0 rings (SSSR count). The Morgan fingerprint density at radius 3 is 1.48 bits per heavy atom. The molecule has 8 heteroatoms. The molecule has 0 aromatic carbocycles. The molecule has 0 spiro atoms. The first-order valence-corrected chi connectivity index (χ1v) is 16.6. The van der Waals surface area contributed by atoms with E-state index < -0.39 is 30.7 Å². The van der Waals surface area contributed by atoms with Crippen molar-refractivity contribution < 1.29 is 22.1 Å². The van der Waals surface area contributed by atoms with Crippen LogP contribution in [0, 0.1) is 0 Å². The van der Waals surface area contributed by atoms with Crippen molar-refractivity contribution in [2.45, 2.75) is 77.2 Å². The van der Waals surface area contributed by atoms with Crippen LogP contribution in [-0.2, 0) is 22.1 Å². The summed E-state index contributed by atoms with van der Waals surface area (Å²) in [5.74, 6) is 0. The van der Waals surface area contributed by atoms with Crippen molar-refractivity contribution in [2.24, 2.45) is 0 Å². The predicted molar refractivity (Wildman–Crippen MR) is 112 cm³/mol. The summed E-state index contributed by atoms with van der Waals surface area (Å²) in [5.41, 5.74) is 1.98. The summed E-state index contributed by atoms with van der Waals surface area (Å²) in [6.07, 6.45) is 1.60. The fraction of sp³-hybridized carbons (Fsp3) is 0.882. The zero-order valence-electron chi connectivity index (χ0n) is 18.2. The quantitative estimate of drug-likeness (QED) is 0.446. The van der Waals surface area contributed by atoms with Crippen LogP contribution in [0.25, 0.3) is 0 Å². The van der Waals surface area contributed by atoms with E-state index in [1.807, 2.05) is 12.6 Å². The molecule has 150 valence electrons. The van der Waals surface area contributed by atoms with Gasteiger partial charge < -0.3 is 22.1 Å². The highest BCUT2D eigenvalue weighted by atomic mass is 28.4. The van der Waals surface area contributed by atoms with Gasteiger partial charge in [-0.3, -0.25) is 0 Å².